The number of rotatable bonds is 4. The highest BCUT2D eigenvalue weighted by Crippen LogP contribution is 2.24. The van der Waals surface area contributed by atoms with E-state index in [0.717, 1.165) is 24.8 Å². The number of thiocarbonyl (C=S) groups is 1. The van der Waals surface area contributed by atoms with Crippen molar-refractivity contribution in [1.82, 2.24) is 9.97 Å². The summed E-state index contributed by atoms with van der Waals surface area (Å²) in [7, 11) is 0. The Labute approximate surface area is 120 Å². The van der Waals surface area contributed by atoms with Crippen LogP contribution in [0.4, 0.5) is 5.82 Å². The molecule has 104 valence electrons. The first-order valence-corrected chi connectivity index (χ1v) is 7.48. The van der Waals surface area contributed by atoms with Gasteiger partial charge in [-0.15, -0.1) is 0 Å². The van der Waals surface area contributed by atoms with Crippen molar-refractivity contribution >= 4 is 23.0 Å². The summed E-state index contributed by atoms with van der Waals surface area (Å²) in [5.41, 5.74) is 6.13. The average Bonchev–Trinajstić information content (AvgIpc) is 2.65. The van der Waals surface area contributed by atoms with E-state index in [-0.39, 0.29) is 0 Å². The molecule has 1 atom stereocenters. The van der Waals surface area contributed by atoms with Crippen molar-refractivity contribution in [2.45, 2.75) is 39.0 Å². The van der Waals surface area contributed by atoms with Crippen molar-refractivity contribution in [2.75, 3.05) is 18.0 Å². The molecule has 0 aliphatic carbocycles. The summed E-state index contributed by atoms with van der Waals surface area (Å²) in [5, 5.41) is 0. The molecule has 1 fully saturated rings. The summed E-state index contributed by atoms with van der Waals surface area (Å²) in [6, 6.07) is 0. The average molecular weight is 278 g/mol. The van der Waals surface area contributed by atoms with Gasteiger partial charge in [0, 0.05) is 13.1 Å². The molecule has 1 aliphatic heterocycles. The van der Waals surface area contributed by atoms with Crippen molar-refractivity contribution in [3.63, 3.8) is 0 Å². The van der Waals surface area contributed by atoms with Crippen LogP contribution in [-0.2, 0) is 0 Å². The van der Waals surface area contributed by atoms with Gasteiger partial charge >= 0.3 is 0 Å². The van der Waals surface area contributed by atoms with E-state index >= 15 is 0 Å². The zero-order chi connectivity index (χ0) is 13.7. The van der Waals surface area contributed by atoms with Gasteiger partial charge in [0.05, 0.1) is 12.4 Å². The molecule has 1 aliphatic rings. The Morgan fingerprint density at radius 1 is 1.37 bits per heavy atom. The summed E-state index contributed by atoms with van der Waals surface area (Å²) < 4.78 is 0. The van der Waals surface area contributed by atoms with E-state index in [1.165, 1.54) is 32.1 Å². The van der Waals surface area contributed by atoms with Crippen molar-refractivity contribution in [3.8, 4) is 0 Å². The first-order chi connectivity index (χ1) is 9.20. The van der Waals surface area contributed by atoms with Crippen molar-refractivity contribution in [2.24, 2.45) is 11.7 Å². The molecule has 1 aromatic heterocycles. The van der Waals surface area contributed by atoms with Crippen molar-refractivity contribution in [3.05, 3.63) is 18.1 Å². The van der Waals surface area contributed by atoms with E-state index < -0.39 is 0 Å². The van der Waals surface area contributed by atoms with Crippen LogP contribution in [0.25, 0.3) is 0 Å². The van der Waals surface area contributed by atoms with Gasteiger partial charge in [-0.1, -0.05) is 32.0 Å². The molecular weight excluding hydrogens is 256 g/mol. The number of nitrogens with zero attached hydrogens (tertiary/aromatic N) is 3. The molecule has 2 rings (SSSR count). The van der Waals surface area contributed by atoms with Crippen LogP contribution in [0.5, 0.6) is 0 Å². The molecule has 0 saturated carbocycles. The molecular formula is C14H22N4S. The van der Waals surface area contributed by atoms with Crippen LogP contribution in [0.15, 0.2) is 12.4 Å². The monoisotopic (exact) mass is 278 g/mol. The maximum Gasteiger partial charge on any atom is 0.147 e. The highest BCUT2D eigenvalue weighted by molar-refractivity contribution is 7.80. The van der Waals surface area contributed by atoms with E-state index in [1.54, 1.807) is 12.4 Å². The van der Waals surface area contributed by atoms with Crippen LogP contribution in [-0.4, -0.2) is 28.0 Å². The number of hydrogen-bond acceptors (Lipinski definition) is 4. The van der Waals surface area contributed by atoms with Gasteiger partial charge in [-0.05, 0) is 25.2 Å². The Hall–Kier alpha value is -1.23. The fraction of sp³-hybridized carbons (Fsp3) is 0.643. The molecule has 0 amide bonds. The van der Waals surface area contributed by atoms with Gasteiger partial charge in [0.15, 0.2) is 0 Å². The second-order valence-electron chi connectivity index (χ2n) is 5.20. The lowest BCUT2D eigenvalue weighted by Crippen LogP contribution is -2.25. The minimum atomic E-state index is 0.304. The zero-order valence-electron chi connectivity index (χ0n) is 11.5. The van der Waals surface area contributed by atoms with Gasteiger partial charge in [-0.3, -0.25) is 0 Å². The summed E-state index contributed by atoms with van der Waals surface area (Å²) in [5.74, 6) is 1.82. The maximum absolute atomic E-state index is 5.53. The third-order valence-electron chi connectivity index (χ3n) is 3.76. The lowest BCUT2D eigenvalue weighted by molar-refractivity contribution is 0.435. The molecule has 5 heteroatoms. The Morgan fingerprint density at radius 2 is 2.21 bits per heavy atom. The number of hydrogen-bond donors (Lipinski definition) is 1. The second kappa shape index (κ2) is 6.80. The lowest BCUT2D eigenvalue weighted by atomic mass is 9.96. The predicted molar refractivity (Wildman–Crippen MR) is 82.4 cm³/mol. The maximum atomic E-state index is 5.53. The molecule has 1 saturated heterocycles. The quantitative estimate of drug-likeness (QED) is 0.858. The van der Waals surface area contributed by atoms with Crippen LogP contribution in [0.3, 0.4) is 0 Å². The van der Waals surface area contributed by atoms with Gasteiger partial charge in [-0.2, -0.15) is 0 Å². The number of nitrogens with two attached hydrogens (primary N) is 1. The largest absolute Gasteiger partial charge is 0.388 e. The van der Waals surface area contributed by atoms with Crippen LogP contribution in [0.1, 0.15) is 44.7 Å². The summed E-state index contributed by atoms with van der Waals surface area (Å²) >= 11 is 4.89. The molecule has 4 nitrogen and oxygen atoms in total. The van der Waals surface area contributed by atoms with Crippen LogP contribution in [0, 0.1) is 5.92 Å². The fourth-order valence-electron chi connectivity index (χ4n) is 2.70. The predicted octanol–water partition coefficient (Wildman–Crippen LogP) is 2.52. The number of anilines is 1. The van der Waals surface area contributed by atoms with Gasteiger partial charge in [0.2, 0.25) is 0 Å². The van der Waals surface area contributed by atoms with Crippen molar-refractivity contribution < 1.29 is 0 Å². The van der Waals surface area contributed by atoms with E-state index in [4.69, 9.17) is 18.0 Å². The Morgan fingerprint density at radius 3 is 2.84 bits per heavy atom. The molecule has 2 heterocycles. The lowest BCUT2D eigenvalue weighted by Gasteiger charge is -2.21. The highest BCUT2D eigenvalue weighted by Gasteiger charge is 2.17. The van der Waals surface area contributed by atoms with Crippen LogP contribution >= 0.6 is 12.2 Å². The molecule has 0 aromatic carbocycles. The molecule has 0 bridgehead atoms. The Kier molecular flexibility index (Phi) is 5.07. The van der Waals surface area contributed by atoms with E-state index in [1.807, 2.05) is 0 Å². The normalized spacial score (nSPS) is 20.1. The van der Waals surface area contributed by atoms with Gasteiger partial charge in [0.25, 0.3) is 0 Å². The molecule has 1 aromatic rings. The summed E-state index contributed by atoms with van der Waals surface area (Å²) in [6.07, 6.45) is 9.92. The standard InChI is InChI=1S/C14H22N4S/c1-2-4-11-5-3-7-18(8-6-11)13-10-16-12(9-17-13)14(15)19/h9-11H,2-8H2,1H3,(H2,15,19). The number of aromatic nitrogens is 2. The fourth-order valence-corrected chi connectivity index (χ4v) is 2.81. The first-order valence-electron chi connectivity index (χ1n) is 7.07. The third-order valence-corrected chi connectivity index (χ3v) is 3.97. The molecule has 19 heavy (non-hydrogen) atoms. The van der Waals surface area contributed by atoms with Gasteiger partial charge < -0.3 is 10.6 Å². The SMILES string of the molecule is CCCC1CCCN(c2cnc(C(N)=S)cn2)CC1. The summed E-state index contributed by atoms with van der Waals surface area (Å²) in [4.78, 5) is 11.3. The Balaban J connectivity index is 1.99. The van der Waals surface area contributed by atoms with Crippen LogP contribution in [0.2, 0.25) is 0 Å². The van der Waals surface area contributed by atoms with Gasteiger partial charge in [0.1, 0.15) is 16.5 Å². The highest BCUT2D eigenvalue weighted by atomic mass is 32.1. The molecule has 0 radical (unpaired) electrons. The molecule has 0 spiro atoms. The van der Waals surface area contributed by atoms with E-state index in [0.29, 0.717) is 10.7 Å². The molecule has 2 N–H and O–H groups in total. The molecule has 1 unspecified atom stereocenters. The van der Waals surface area contributed by atoms with E-state index in [2.05, 4.69) is 21.8 Å². The second-order valence-corrected chi connectivity index (χ2v) is 5.64. The van der Waals surface area contributed by atoms with E-state index in [9.17, 15) is 0 Å². The topological polar surface area (TPSA) is 55.0 Å². The van der Waals surface area contributed by atoms with Crippen molar-refractivity contribution in [1.29, 1.82) is 0 Å². The Bertz CT molecular complexity index is 418. The minimum absolute atomic E-state index is 0.304. The van der Waals surface area contributed by atoms with Gasteiger partial charge in [-0.25, -0.2) is 9.97 Å². The summed E-state index contributed by atoms with van der Waals surface area (Å²) in [6.45, 7) is 4.41. The third kappa shape index (κ3) is 3.86. The smallest absolute Gasteiger partial charge is 0.147 e. The van der Waals surface area contributed by atoms with Crippen LogP contribution < -0.4 is 10.6 Å². The minimum Gasteiger partial charge on any atom is -0.388 e. The zero-order valence-corrected chi connectivity index (χ0v) is 12.3. The first kappa shape index (κ1) is 14.2.